The predicted octanol–water partition coefficient (Wildman–Crippen LogP) is 3.02. The molecule has 3 aromatic rings. The van der Waals surface area contributed by atoms with Crippen molar-refractivity contribution in [1.82, 2.24) is 9.62 Å². The largest absolute Gasteiger partial charge is 0.459 e. The number of hydrogen-bond donors (Lipinski definition) is 1. The number of fused-ring (bicyclic) bond motifs is 1. The van der Waals surface area contributed by atoms with Gasteiger partial charge in [-0.15, -0.1) is 0 Å². The van der Waals surface area contributed by atoms with E-state index in [0.29, 0.717) is 31.7 Å². The molecule has 0 atom stereocenters. The molecule has 1 N–H and O–H groups in total. The Morgan fingerprint density at radius 3 is 2.44 bits per heavy atom. The van der Waals surface area contributed by atoms with Crippen LogP contribution in [0.5, 0.6) is 0 Å². The number of amides is 1. The molecule has 27 heavy (non-hydrogen) atoms. The molecule has 6 nitrogen and oxygen atoms in total. The Bertz CT molecular complexity index is 1050. The zero-order valence-electron chi connectivity index (χ0n) is 14.7. The van der Waals surface area contributed by atoms with E-state index < -0.39 is 10.0 Å². The van der Waals surface area contributed by atoms with E-state index in [1.54, 1.807) is 29.2 Å². The molecular formula is C20H20N2O4S. The summed E-state index contributed by atoms with van der Waals surface area (Å²) in [6, 6.07) is 15.9. The molecule has 0 saturated carbocycles. The van der Waals surface area contributed by atoms with E-state index in [2.05, 4.69) is 4.72 Å². The normalized spacial score (nSPS) is 15.9. The topological polar surface area (TPSA) is 79.6 Å². The van der Waals surface area contributed by atoms with Crippen LogP contribution < -0.4 is 4.72 Å². The summed E-state index contributed by atoms with van der Waals surface area (Å²) in [5.41, 5.74) is 0. The van der Waals surface area contributed by atoms with Crippen LogP contribution in [0.3, 0.4) is 0 Å². The van der Waals surface area contributed by atoms with Gasteiger partial charge in [0.1, 0.15) is 0 Å². The summed E-state index contributed by atoms with van der Waals surface area (Å²) in [7, 11) is -3.60. The van der Waals surface area contributed by atoms with E-state index >= 15 is 0 Å². The molecule has 0 radical (unpaired) electrons. The van der Waals surface area contributed by atoms with Crippen LogP contribution in [0.1, 0.15) is 23.4 Å². The number of hydrogen-bond acceptors (Lipinski definition) is 4. The second-order valence-electron chi connectivity index (χ2n) is 6.67. The van der Waals surface area contributed by atoms with Crippen molar-refractivity contribution in [1.29, 1.82) is 0 Å². The standard InChI is InChI=1S/C20H20N2O4S/c23-20(19-6-3-13-26-19)22-11-9-17(10-12-22)21-27(24,25)18-8-7-15-4-1-2-5-16(15)14-18/h1-8,13-14,17,21H,9-12H2. The van der Waals surface area contributed by atoms with E-state index in [9.17, 15) is 13.2 Å². The summed E-state index contributed by atoms with van der Waals surface area (Å²) in [5.74, 6) is 0.154. The number of rotatable bonds is 4. The van der Waals surface area contributed by atoms with Crippen molar-refractivity contribution in [2.45, 2.75) is 23.8 Å². The predicted molar refractivity (Wildman–Crippen MR) is 102 cm³/mol. The number of sulfonamides is 1. The minimum absolute atomic E-state index is 0.157. The second-order valence-corrected chi connectivity index (χ2v) is 8.39. The van der Waals surface area contributed by atoms with Crippen molar-refractivity contribution < 1.29 is 17.6 Å². The average Bonchev–Trinajstić information content (AvgIpc) is 3.22. The summed E-state index contributed by atoms with van der Waals surface area (Å²) < 4.78 is 33.4. The summed E-state index contributed by atoms with van der Waals surface area (Å²) in [6.45, 7) is 0.981. The van der Waals surface area contributed by atoms with Crippen molar-refractivity contribution >= 4 is 26.7 Å². The van der Waals surface area contributed by atoms with Crippen molar-refractivity contribution in [3.63, 3.8) is 0 Å². The molecule has 2 heterocycles. The van der Waals surface area contributed by atoms with Gasteiger partial charge >= 0.3 is 0 Å². The number of likely N-dealkylation sites (tertiary alicyclic amines) is 1. The Morgan fingerprint density at radius 1 is 1.00 bits per heavy atom. The third-order valence-corrected chi connectivity index (χ3v) is 6.39. The molecule has 2 aromatic carbocycles. The number of nitrogens with zero attached hydrogens (tertiary/aromatic N) is 1. The highest BCUT2D eigenvalue weighted by Gasteiger charge is 2.28. The number of furan rings is 1. The van der Waals surface area contributed by atoms with Crippen molar-refractivity contribution in [3.8, 4) is 0 Å². The number of carbonyl (C=O) groups is 1. The number of benzene rings is 2. The molecule has 4 rings (SSSR count). The van der Waals surface area contributed by atoms with E-state index in [0.717, 1.165) is 10.8 Å². The monoisotopic (exact) mass is 384 g/mol. The Labute approximate surface area is 157 Å². The van der Waals surface area contributed by atoms with Gasteiger partial charge in [0.15, 0.2) is 5.76 Å². The maximum Gasteiger partial charge on any atom is 0.289 e. The minimum atomic E-state index is -3.60. The lowest BCUT2D eigenvalue weighted by Crippen LogP contribution is -2.46. The molecular weight excluding hydrogens is 364 g/mol. The first-order valence-corrected chi connectivity index (χ1v) is 10.4. The zero-order valence-corrected chi connectivity index (χ0v) is 15.5. The van der Waals surface area contributed by atoms with Crippen LogP contribution in [0, 0.1) is 0 Å². The van der Waals surface area contributed by atoms with Gasteiger partial charge in [-0.1, -0.05) is 30.3 Å². The smallest absolute Gasteiger partial charge is 0.289 e. The summed E-state index contributed by atoms with van der Waals surface area (Å²) in [5, 5.41) is 1.89. The molecule has 0 bridgehead atoms. The Hall–Kier alpha value is -2.64. The summed E-state index contributed by atoms with van der Waals surface area (Å²) >= 11 is 0. The van der Waals surface area contributed by atoms with E-state index in [1.807, 2.05) is 30.3 Å². The first kappa shape index (κ1) is 17.8. The molecule has 1 aliphatic heterocycles. The molecule has 140 valence electrons. The van der Waals surface area contributed by atoms with Gasteiger partial charge in [0.2, 0.25) is 10.0 Å². The van der Waals surface area contributed by atoms with Crippen molar-refractivity contribution in [2.75, 3.05) is 13.1 Å². The van der Waals surface area contributed by atoms with Gasteiger partial charge in [-0.3, -0.25) is 4.79 Å². The molecule has 1 aromatic heterocycles. The highest BCUT2D eigenvalue weighted by Crippen LogP contribution is 2.21. The lowest BCUT2D eigenvalue weighted by molar-refractivity contribution is 0.0679. The van der Waals surface area contributed by atoms with Crippen LogP contribution in [0.2, 0.25) is 0 Å². The first-order valence-electron chi connectivity index (χ1n) is 8.87. The van der Waals surface area contributed by atoms with Gasteiger partial charge in [0, 0.05) is 19.1 Å². The van der Waals surface area contributed by atoms with Crippen LogP contribution in [0.25, 0.3) is 10.8 Å². The van der Waals surface area contributed by atoms with Gasteiger partial charge in [-0.2, -0.15) is 0 Å². The molecule has 1 aliphatic rings. The molecule has 0 aliphatic carbocycles. The van der Waals surface area contributed by atoms with Crippen molar-refractivity contribution in [3.05, 3.63) is 66.6 Å². The molecule has 1 amide bonds. The first-order chi connectivity index (χ1) is 13.0. The highest BCUT2D eigenvalue weighted by molar-refractivity contribution is 7.89. The average molecular weight is 384 g/mol. The lowest BCUT2D eigenvalue weighted by Gasteiger charge is -2.31. The van der Waals surface area contributed by atoms with Crippen LogP contribution in [0.4, 0.5) is 0 Å². The molecule has 7 heteroatoms. The molecule has 1 fully saturated rings. The summed E-state index contributed by atoms with van der Waals surface area (Å²) in [6.07, 6.45) is 2.61. The fourth-order valence-electron chi connectivity index (χ4n) is 3.38. The third-order valence-electron chi connectivity index (χ3n) is 4.87. The molecule has 0 spiro atoms. The fraction of sp³-hybridized carbons (Fsp3) is 0.250. The van der Waals surface area contributed by atoms with Crippen LogP contribution in [0.15, 0.2) is 70.2 Å². The maximum absolute atomic E-state index is 12.7. The second kappa shape index (κ2) is 7.17. The Balaban J connectivity index is 1.42. The Morgan fingerprint density at radius 2 is 1.74 bits per heavy atom. The molecule has 0 unspecified atom stereocenters. The lowest BCUT2D eigenvalue weighted by atomic mass is 10.1. The van der Waals surface area contributed by atoms with Crippen LogP contribution in [-0.4, -0.2) is 38.4 Å². The van der Waals surface area contributed by atoms with Crippen LogP contribution in [-0.2, 0) is 10.0 Å². The van der Waals surface area contributed by atoms with Crippen LogP contribution >= 0.6 is 0 Å². The number of piperidine rings is 1. The van der Waals surface area contributed by atoms with Gasteiger partial charge < -0.3 is 9.32 Å². The highest BCUT2D eigenvalue weighted by atomic mass is 32.2. The van der Waals surface area contributed by atoms with Crippen molar-refractivity contribution in [2.24, 2.45) is 0 Å². The molecule has 1 saturated heterocycles. The number of carbonyl (C=O) groups excluding carboxylic acids is 1. The van der Waals surface area contributed by atoms with E-state index in [-0.39, 0.29) is 16.8 Å². The van der Waals surface area contributed by atoms with Gasteiger partial charge in [0.05, 0.1) is 11.2 Å². The Kier molecular flexibility index (Phi) is 4.72. The third kappa shape index (κ3) is 3.74. The quantitative estimate of drug-likeness (QED) is 0.750. The number of nitrogens with one attached hydrogen (secondary N) is 1. The van der Waals surface area contributed by atoms with Gasteiger partial charge in [0.25, 0.3) is 5.91 Å². The summed E-state index contributed by atoms with van der Waals surface area (Å²) in [4.78, 5) is 14.2. The SMILES string of the molecule is O=C(c1ccco1)N1CCC(NS(=O)(=O)c2ccc3ccccc3c2)CC1. The minimum Gasteiger partial charge on any atom is -0.459 e. The van der Waals surface area contributed by atoms with Gasteiger partial charge in [-0.25, -0.2) is 13.1 Å². The van der Waals surface area contributed by atoms with E-state index in [4.69, 9.17) is 4.42 Å². The van der Waals surface area contributed by atoms with Gasteiger partial charge in [-0.05, 0) is 47.9 Å². The maximum atomic E-state index is 12.7. The fourth-order valence-corrected chi connectivity index (χ4v) is 4.72. The zero-order chi connectivity index (χ0) is 18.9. The van der Waals surface area contributed by atoms with E-state index in [1.165, 1.54) is 6.26 Å².